The lowest BCUT2D eigenvalue weighted by atomic mass is 10.1. The van der Waals surface area contributed by atoms with Gasteiger partial charge in [-0.25, -0.2) is 0 Å². The molecule has 0 unspecified atom stereocenters. The van der Waals surface area contributed by atoms with Gasteiger partial charge in [0.05, 0.1) is 13.2 Å². The molecule has 1 aromatic rings. The maximum Gasteiger partial charge on any atom is 0.320 e. The lowest BCUT2D eigenvalue weighted by molar-refractivity contribution is -0.145. The van der Waals surface area contributed by atoms with Crippen LogP contribution >= 0.6 is 0 Å². The molecule has 0 amide bonds. The van der Waals surface area contributed by atoms with Gasteiger partial charge in [0.1, 0.15) is 0 Å². The summed E-state index contributed by atoms with van der Waals surface area (Å²) in [6.45, 7) is 11.2. The molecule has 3 heteroatoms. The molecule has 0 bridgehead atoms. The maximum atomic E-state index is 11.9. The molecule has 118 valence electrons. The van der Waals surface area contributed by atoms with E-state index in [9.17, 15) is 4.79 Å². The van der Waals surface area contributed by atoms with E-state index in [0.717, 1.165) is 19.5 Å². The first-order valence-electron chi connectivity index (χ1n) is 7.89. The summed E-state index contributed by atoms with van der Waals surface area (Å²) in [4.78, 5) is 14.1. The Balaban J connectivity index is 2.47. The van der Waals surface area contributed by atoms with Crippen LogP contribution in [0.1, 0.15) is 39.7 Å². The number of hydrogen-bond acceptors (Lipinski definition) is 3. The SMILES string of the molecule is CC(C)CCOC(=O)CN(Cc1ccccc1)CC(C)C. The molecule has 0 aromatic heterocycles. The summed E-state index contributed by atoms with van der Waals surface area (Å²) >= 11 is 0. The fraction of sp³-hybridized carbons (Fsp3) is 0.611. The third-order valence-electron chi connectivity index (χ3n) is 3.18. The van der Waals surface area contributed by atoms with Gasteiger partial charge in [0.15, 0.2) is 0 Å². The number of carbonyl (C=O) groups is 1. The summed E-state index contributed by atoms with van der Waals surface area (Å²) in [6, 6.07) is 10.3. The lowest BCUT2D eigenvalue weighted by Crippen LogP contribution is -2.33. The van der Waals surface area contributed by atoms with E-state index < -0.39 is 0 Å². The van der Waals surface area contributed by atoms with Crippen LogP contribution in [0.3, 0.4) is 0 Å². The van der Waals surface area contributed by atoms with Crippen molar-refractivity contribution >= 4 is 5.97 Å². The Morgan fingerprint density at radius 3 is 2.33 bits per heavy atom. The van der Waals surface area contributed by atoms with E-state index >= 15 is 0 Å². The summed E-state index contributed by atoms with van der Waals surface area (Å²) in [7, 11) is 0. The van der Waals surface area contributed by atoms with Crippen LogP contribution in [0.15, 0.2) is 30.3 Å². The number of nitrogens with zero attached hydrogens (tertiary/aromatic N) is 1. The van der Waals surface area contributed by atoms with E-state index in [2.05, 4.69) is 44.7 Å². The van der Waals surface area contributed by atoms with Gasteiger partial charge >= 0.3 is 5.97 Å². The first-order chi connectivity index (χ1) is 9.97. The van der Waals surface area contributed by atoms with Crippen molar-refractivity contribution in [2.75, 3.05) is 19.7 Å². The molecule has 0 saturated carbocycles. The molecule has 3 nitrogen and oxygen atoms in total. The minimum Gasteiger partial charge on any atom is -0.465 e. The largest absolute Gasteiger partial charge is 0.465 e. The van der Waals surface area contributed by atoms with Crippen molar-refractivity contribution in [2.24, 2.45) is 11.8 Å². The van der Waals surface area contributed by atoms with E-state index in [0.29, 0.717) is 25.0 Å². The summed E-state index contributed by atoms with van der Waals surface area (Å²) in [5, 5.41) is 0. The second-order valence-corrected chi connectivity index (χ2v) is 6.45. The molecule has 0 saturated heterocycles. The highest BCUT2D eigenvalue weighted by molar-refractivity contribution is 5.71. The number of rotatable bonds is 9. The molecule has 0 N–H and O–H groups in total. The van der Waals surface area contributed by atoms with Crippen molar-refractivity contribution < 1.29 is 9.53 Å². The Hall–Kier alpha value is -1.35. The fourth-order valence-electron chi connectivity index (χ4n) is 2.18. The van der Waals surface area contributed by atoms with Crippen LogP contribution in [0.4, 0.5) is 0 Å². The summed E-state index contributed by atoms with van der Waals surface area (Å²) in [5.74, 6) is 0.971. The van der Waals surface area contributed by atoms with Gasteiger partial charge in [-0.3, -0.25) is 9.69 Å². The van der Waals surface area contributed by atoms with Crippen molar-refractivity contribution in [3.05, 3.63) is 35.9 Å². The van der Waals surface area contributed by atoms with Gasteiger partial charge in [-0.15, -0.1) is 0 Å². The summed E-state index contributed by atoms with van der Waals surface area (Å²) in [6.07, 6.45) is 0.925. The molecular weight excluding hydrogens is 262 g/mol. The normalized spacial score (nSPS) is 11.4. The number of hydrogen-bond donors (Lipinski definition) is 0. The predicted molar refractivity (Wildman–Crippen MR) is 87.0 cm³/mol. The molecule has 0 aliphatic carbocycles. The minimum absolute atomic E-state index is 0.118. The molecule has 0 fully saturated rings. The zero-order chi connectivity index (χ0) is 15.7. The van der Waals surface area contributed by atoms with Crippen LogP contribution in [-0.2, 0) is 16.1 Å². The van der Waals surface area contributed by atoms with Gasteiger partial charge in [0.25, 0.3) is 0 Å². The second-order valence-electron chi connectivity index (χ2n) is 6.45. The number of carbonyl (C=O) groups excluding carboxylic acids is 1. The topological polar surface area (TPSA) is 29.5 Å². The Kier molecular flexibility index (Phi) is 8.06. The maximum absolute atomic E-state index is 11.9. The third kappa shape index (κ3) is 8.51. The van der Waals surface area contributed by atoms with Gasteiger partial charge in [-0.2, -0.15) is 0 Å². The molecule has 1 rings (SSSR count). The molecular formula is C18H29NO2. The molecule has 21 heavy (non-hydrogen) atoms. The summed E-state index contributed by atoms with van der Waals surface area (Å²) in [5.41, 5.74) is 1.23. The van der Waals surface area contributed by atoms with Crippen LogP contribution in [-0.4, -0.2) is 30.6 Å². The van der Waals surface area contributed by atoms with Crippen LogP contribution in [0.2, 0.25) is 0 Å². The van der Waals surface area contributed by atoms with Crippen molar-refractivity contribution in [3.63, 3.8) is 0 Å². The van der Waals surface area contributed by atoms with E-state index in [1.807, 2.05) is 18.2 Å². The fourth-order valence-corrected chi connectivity index (χ4v) is 2.18. The Morgan fingerprint density at radius 1 is 1.10 bits per heavy atom. The zero-order valence-corrected chi connectivity index (χ0v) is 13.8. The average molecular weight is 291 g/mol. The van der Waals surface area contributed by atoms with Gasteiger partial charge in [-0.05, 0) is 23.8 Å². The van der Waals surface area contributed by atoms with Gasteiger partial charge in [0.2, 0.25) is 0 Å². The number of ether oxygens (including phenoxy) is 1. The van der Waals surface area contributed by atoms with Crippen molar-refractivity contribution in [2.45, 2.75) is 40.7 Å². The molecule has 0 heterocycles. The third-order valence-corrected chi connectivity index (χ3v) is 3.18. The Morgan fingerprint density at radius 2 is 1.76 bits per heavy atom. The second kappa shape index (κ2) is 9.56. The first kappa shape index (κ1) is 17.7. The highest BCUT2D eigenvalue weighted by atomic mass is 16.5. The van der Waals surface area contributed by atoms with Crippen molar-refractivity contribution in [1.82, 2.24) is 4.90 Å². The van der Waals surface area contributed by atoms with E-state index in [4.69, 9.17) is 4.74 Å². The highest BCUT2D eigenvalue weighted by Crippen LogP contribution is 2.08. The Bertz CT molecular complexity index is 401. The molecule has 1 aromatic carbocycles. The van der Waals surface area contributed by atoms with Crippen molar-refractivity contribution in [3.8, 4) is 0 Å². The highest BCUT2D eigenvalue weighted by Gasteiger charge is 2.14. The van der Waals surface area contributed by atoms with Crippen LogP contribution in [0.5, 0.6) is 0 Å². The predicted octanol–water partition coefficient (Wildman–Crippen LogP) is 3.73. The van der Waals surface area contributed by atoms with Gasteiger partial charge in [-0.1, -0.05) is 58.0 Å². The zero-order valence-electron chi connectivity index (χ0n) is 13.8. The number of benzene rings is 1. The Labute approximate surface area is 129 Å². The van der Waals surface area contributed by atoms with Gasteiger partial charge in [0, 0.05) is 13.1 Å². The summed E-state index contributed by atoms with van der Waals surface area (Å²) < 4.78 is 5.32. The van der Waals surface area contributed by atoms with Crippen LogP contribution in [0.25, 0.3) is 0 Å². The molecule has 0 aliphatic rings. The van der Waals surface area contributed by atoms with E-state index in [1.165, 1.54) is 5.56 Å². The van der Waals surface area contributed by atoms with E-state index in [1.54, 1.807) is 0 Å². The monoisotopic (exact) mass is 291 g/mol. The van der Waals surface area contributed by atoms with Crippen LogP contribution in [0, 0.1) is 11.8 Å². The van der Waals surface area contributed by atoms with Gasteiger partial charge < -0.3 is 4.74 Å². The first-order valence-corrected chi connectivity index (χ1v) is 7.89. The lowest BCUT2D eigenvalue weighted by Gasteiger charge is -2.23. The molecule has 0 atom stereocenters. The molecule has 0 spiro atoms. The standard InChI is InChI=1S/C18H29NO2/c1-15(2)10-11-21-18(20)14-19(12-16(3)4)13-17-8-6-5-7-9-17/h5-9,15-16H,10-14H2,1-4H3. The average Bonchev–Trinajstić information content (AvgIpc) is 2.38. The molecule has 0 radical (unpaired) electrons. The smallest absolute Gasteiger partial charge is 0.320 e. The quantitative estimate of drug-likeness (QED) is 0.649. The van der Waals surface area contributed by atoms with Crippen molar-refractivity contribution in [1.29, 1.82) is 0 Å². The number of esters is 1. The van der Waals surface area contributed by atoms with Crippen LogP contribution < -0.4 is 0 Å². The van der Waals surface area contributed by atoms with E-state index in [-0.39, 0.29) is 5.97 Å². The minimum atomic E-state index is -0.118. The molecule has 0 aliphatic heterocycles.